The molecule has 0 bridgehead atoms. The van der Waals surface area contributed by atoms with Gasteiger partial charge in [0.05, 0.1) is 33.8 Å². The minimum Gasteiger partial charge on any atom is -0.452 e. The van der Waals surface area contributed by atoms with Crippen LogP contribution in [0, 0.1) is 25.7 Å². The highest BCUT2D eigenvalue weighted by Crippen LogP contribution is 2.43. The Bertz CT molecular complexity index is 1120. The summed E-state index contributed by atoms with van der Waals surface area (Å²) in [5.41, 5.74) is 3.20. The van der Waals surface area contributed by atoms with Crippen molar-refractivity contribution in [2.45, 2.75) is 37.4 Å². The molecule has 178 valence electrons. The fourth-order valence-corrected chi connectivity index (χ4v) is 5.04. The van der Waals surface area contributed by atoms with Crippen molar-refractivity contribution in [2.75, 3.05) is 16.8 Å². The Morgan fingerprint density at radius 1 is 0.971 bits per heavy atom. The standard InChI is InChI=1S/C25H24Cl2N2O5/c1-13-3-8-21(14(2)9-13)28-22(30)12-34-25(33)15-4-6-16(7-5-15)29-23(31)17-10-19(26)20(27)11-18(17)24(29)32/h3-9,17-20H,10-12H2,1-2H3,(H,28,30)/t17-,18-,19+,20+/m1/s1. The first-order chi connectivity index (χ1) is 16.2. The number of rotatable bonds is 5. The third kappa shape index (κ3) is 4.81. The lowest BCUT2D eigenvalue weighted by Gasteiger charge is -2.28. The summed E-state index contributed by atoms with van der Waals surface area (Å²) in [7, 11) is 0. The van der Waals surface area contributed by atoms with Crippen LogP contribution in [-0.4, -0.2) is 41.1 Å². The van der Waals surface area contributed by atoms with Gasteiger partial charge in [-0.25, -0.2) is 4.79 Å². The van der Waals surface area contributed by atoms with Crippen LogP contribution in [0.5, 0.6) is 0 Å². The third-order valence-corrected chi connectivity index (χ3v) is 7.36. The molecule has 0 radical (unpaired) electrons. The number of amides is 3. The van der Waals surface area contributed by atoms with Crippen LogP contribution in [0.15, 0.2) is 42.5 Å². The van der Waals surface area contributed by atoms with Crippen LogP contribution < -0.4 is 10.2 Å². The van der Waals surface area contributed by atoms with E-state index >= 15 is 0 Å². The molecule has 0 unspecified atom stereocenters. The molecule has 34 heavy (non-hydrogen) atoms. The summed E-state index contributed by atoms with van der Waals surface area (Å²) < 4.78 is 5.11. The largest absolute Gasteiger partial charge is 0.452 e. The van der Waals surface area contributed by atoms with Crippen molar-refractivity contribution in [3.05, 3.63) is 59.2 Å². The number of hydrogen-bond donors (Lipinski definition) is 1. The molecule has 4 rings (SSSR count). The molecule has 0 aromatic heterocycles. The van der Waals surface area contributed by atoms with Gasteiger partial charge in [0, 0.05) is 5.69 Å². The molecule has 0 spiro atoms. The van der Waals surface area contributed by atoms with Gasteiger partial charge in [-0.1, -0.05) is 17.7 Å². The number of anilines is 2. The van der Waals surface area contributed by atoms with E-state index in [2.05, 4.69) is 5.32 Å². The zero-order valence-electron chi connectivity index (χ0n) is 18.7. The Labute approximate surface area is 207 Å². The van der Waals surface area contributed by atoms with E-state index in [1.54, 1.807) is 6.07 Å². The summed E-state index contributed by atoms with van der Waals surface area (Å²) in [6.45, 7) is 3.39. The van der Waals surface area contributed by atoms with Crippen LogP contribution in [0.4, 0.5) is 11.4 Å². The maximum absolute atomic E-state index is 12.9. The highest BCUT2D eigenvalue weighted by atomic mass is 35.5. The number of fused-ring (bicyclic) bond motifs is 1. The minimum absolute atomic E-state index is 0.196. The van der Waals surface area contributed by atoms with Gasteiger partial charge in [0.25, 0.3) is 5.91 Å². The topological polar surface area (TPSA) is 92.8 Å². The molecule has 3 amide bonds. The average Bonchev–Trinajstić information content (AvgIpc) is 3.04. The molecule has 2 aromatic carbocycles. The highest BCUT2D eigenvalue weighted by molar-refractivity contribution is 6.31. The highest BCUT2D eigenvalue weighted by Gasteiger charge is 2.52. The quantitative estimate of drug-likeness (QED) is 0.375. The van der Waals surface area contributed by atoms with Gasteiger partial charge in [-0.3, -0.25) is 19.3 Å². The van der Waals surface area contributed by atoms with Crippen LogP contribution in [0.2, 0.25) is 0 Å². The van der Waals surface area contributed by atoms with Crippen molar-refractivity contribution >= 4 is 58.3 Å². The number of carbonyl (C=O) groups is 4. The zero-order chi connectivity index (χ0) is 24.6. The van der Waals surface area contributed by atoms with E-state index in [1.165, 1.54) is 24.3 Å². The first kappa shape index (κ1) is 24.2. The van der Waals surface area contributed by atoms with Crippen molar-refractivity contribution in [1.29, 1.82) is 0 Å². The molecule has 1 N–H and O–H groups in total. The molecule has 7 nitrogen and oxygen atoms in total. The van der Waals surface area contributed by atoms with Crippen LogP contribution in [0.1, 0.15) is 34.3 Å². The molecule has 2 fully saturated rings. The molecule has 1 saturated carbocycles. The predicted molar refractivity (Wildman–Crippen MR) is 129 cm³/mol. The molecule has 1 heterocycles. The zero-order valence-corrected chi connectivity index (χ0v) is 20.2. The maximum Gasteiger partial charge on any atom is 0.338 e. The number of benzene rings is 2. The number of nitrogens with zero attached hydrogens (tertiary/aromatic N) is 1. The molecule has 2 aliphatic rings. The monoisotopic (exact) mass is 502 g/mol. The number of ether oxygens (including phenoxy) is 1. The van der Waals surface area contributed by atoms with Gasteiger partial charge in [-0.15, -0.1) is 23.2 Å². The summed E-state index contributed by atoms with van der Waals surface area (Å²) in [6.07, 6.45) is 0.714. The normalized spacial score (nSPS) is 24.1. The fourth-order valence-electron chi connectivity index (χ4n) is 4.45. The first-order valence-corrected chi connectivity index (χ1v) is 11.8. The summed E-state index contributed by atoms with van der Waals surface area (Å²) in [4.78, 5) is 51.4. The lowest BCUT2D eigenvalue weighted by molar-refractivity contribution is -0.122. The number of hydrogen-bond acceptors (Lipinski definition) is 5. The number of nitrogens with one attached hydrogen (secondary N) is 1. The van der Waals surface area contributed by atoms with Gasteiger partial charge in [-0.2, -0.15) is 0 Å². The maximum atomic E-state index is 12.9. The van der Waals surface area contributed by atoms with Gasteiger partial charge in [0.15, 0.2) is 6.61 Å². The van der Waals surface area contributed by atoms with E-state index in [0.29, 0.717) is 24.2 Å². The summed E-state index contributed by atoms with van der Waals surface area (Å²) in [5.74, 6) is -2.71. The number of imide groups is 1. The first-order valence-electron chi connectivity index (χ1n) is 11.0. The van der Waals surface area contributed by atoms with Crippen LogP contribution in [0.3, 0.4) is 0 Å². The van der Waals surface area contributed by atoms with E-state index in [9.17, 15) is 19.2 Å². The summed E-state index contributed by atoms with van der Waals surface area (Å²) in [6, 6.07) is 11.5. The van der Waals surface area contributed by atoms with Gasteiger partial charge >= 0.3 is 5.97 Å². The Hall–Kier alpha value is -2.90. The van der Waals surface area contributed by atoms with E-state index < -0.39 is 30.3 Å². The third-order valence-electron chi connectivity index (χ3n) is 6.26. The second-order valence-corrected chi connectivity index (χ2v) is 9.84. The van der Waals surface area contributed by atoms with Crippen molar-refractivity contribution in [3.63, 3.8) is 0 Å². The predicted octanol–water partition coefficient (Wildman–Crippen LogP) is 4.21. The Kier molecular flexibility index (Phi) is 6.96. The second-order valence-electron chi connectivity index (χ2n) is 8.72. The minimum atomic E-state index is -0.690. The van der Waals surface area contributed by atoms with Crippen LogP contribution >= 0.6 is 23.2 Å². The van der Waals surface area contributed by atoms with Crippen molar-refractivity contribution in [1.82, 2.24) is 0 Å². The molecular formula is C25H24Cl2N2O5. The number of halogens is 2. The lowest BCUT2D eigenvalue weighted by Crippen LogP contribution is -2.34. The molecular weight excluding hydrogens is 479 g/mol. The fraction of sp³-hybridized carbons (Fsp3) is 0.360. The second kappa shape index (κ2) is 9.76. The van der Waals surface area contributed by atoms with E-state index in [4.69, 9.17) is 27.9 Å². The summed E-state index contributed by atoms with van der Waals surface area (Å²) >= 11 is 12.4. The molecule has 1 saturated heterocycles. The Morgan fingerprint density at radius 3 is 2.12 bits per heavy atom. The van der Waals surface area contributed by atoms with Gasteiger partial charge < -0.3 is 10.1 Å². The molecule has 2 aromatic rings. The summed E-state index contributed by atoms with van der Waals surface area (Å²) in [5, 5.41) is 2.00. The Balaban J connectivity index is 1.37. The van der Waals surface area contributed by atoms with Gasteiger partial charge in [0.2, 0.25) is 11.8 Å². The van der Waals surface area contributed by atoms with Gasteiger partial charge in [-0.05, 0) is 62.6 Å². The number of alkyl halides is 2. The number of carbonyl (C=O) groups excluding carboxylic acids is 4. The Morgan fingerprint density at radius 2 is 1.56 bits per heavy atom. The van der Waals surface area contributed by atoms with Crippen molar-refractivity contribution < 1.29 is 23.9 Å². The van der Waals surface area contributed by atoms with Crippen molar-refractivity contribution in [3.8, 4) is 0 Å². The smallest absolute Gasteiger partial charge is 0.338 e. The molecule has 9 heteroatoms. The lowest BCUT2D eigenvalue weighted by atomic mass is 9.80. The molecule has 1 aliphatic carbocycles. The molecule has 1 aliphatic heterocycles. The van der Waals surface area contributed by atoms with Crippen molar-refractivity contribution in [2.24, 2.45) is 11.8 Å². The number of esters is 1. The van der Waals surface area contributed by atoms with E-state index in [1.807, 2.05) is 26.0 Å². The van der Waals surface area contributed by atoms with E-state index in [0.717, 1.165) is 16.0 Å². The SMILES string of the molecule is Cc1ccc(NC(=O)COC(=O)c2ccc(N3C(=O)[C@@H]4C[C@H](Cl)[C@@H](Cl)C[C@H]4C3=O)cc2)c(C)c1. The van der Waals surface area contributed by atoms with Gasteiger partial charge in [0.1, 0.15) is 0 Å². The molecule has 4 atom stereocenters. The average molecular weight is 503 g/mol. The van der Waals surface area contributed by atoms with E-state index in [-0.39, 0.29) is 28.1 Å². The van der Waals surface area contributed by atoms with Crippen LogP contribution in [0.25, 0.3) is 0 Å². The number of aryl methyl sites for hydroxylation is 2. The van der Waals surface area contributed by atoms with Crippen LogP contribution in [-0.2, 0) is 19.1 Å².